The van der Waals surface area contributed by atoms with Gasteiger partial charge in [-0.3, -0.25) is 0 Å². The summed E-state index contributed by atoms with van der Waals surface area (Å²) in [5, 5.41) is 0.557. The zero-order valence-corrected chi connectivity index (χ0v) is 9.58. The molecule has 0 aliphatic rings. The Morgan fingerprint density at radius 1 is 1.00 bits per heavy atom. The second kappa shape index (κ2) is 2.81. The van der Waals surface area contributed by atoms with Gasteiger partial charge in [-0.1, -0.05) is 0 Å². The van der Waals surface area contributed by atoms with Gasteiger partial charge in [0, 0.05) is 0 Å². The van der Waals surface area contributed by atoms with Gasteiger partial charge in [-0.25, -0.2) is 0 Å². The molecule has 0 aromatic heterocycles. The average Bonchev–Trinajstić information content (AvgIpc) is 1.62. The van der Waals surface area contributed by atoms with Gasteiger partial charge in [-0.2, -0.15) is 0 Å². The van der Waals surface area contributed by atoms with E-state index in [9.17, 15) is 0 Å². The van der Waals surface area contributed by atoms with Crippen molar-refractivity contribution >= 4 is 7.26 Å². The Morgan fingerprint density at radius 2 is 1.30 bits per heavy atom. The summed E-state index contributed by atoms with van der Waals surface area (Å²) in [6.07, 6.45) is 0. The molecule has 10 heavy (non-hydrogen) atoms. The van der Waals surface area contributed by atoms with Crippen molar-refractivity contribution in [2.24, 2.45) is 0 Å². The molecule has 0 heterocycles. The molecule has 64 valence electrons. The molecule has 0 aliphatic heterocycles. The van der Waals surface area contributed by atoms with E-state index in [0.29, 0.717) is 5.16 Å². The van der Waals surface area contributed by atoms with E-state index in [1.165, 1.54) is 0 Å². The Hall–Kier alpha value is 0.430. The van der Waals surface area contributed by atoms with Gasteiger partial charge in [0.1, 0.15) is 0 Å². The standard InChI is InChI=1S/C9H23P/c1-8(2)10(6,7)9(3,4)5/h8,10H,1-7H3. The fourth-order valence-corrected chi connectivity index (χ4v) is 2.60. The number of hydrogen-bond donors (Lipinski definition) is 0. The molecule has 0 spiro atoms. The van der Waals surface area contributed by atoms with Crippen LogP contribution < -0.4 is 0 Å². The maximum absolute atomic E-state index is 2.48. The molecule has 0 unspecified atom stereocenters. The van der Waals surface area contributed by atoms with Gasteiger partial charge in [0.25, 0.3) is 0 Å². The third-order valence-electron chi connectivity index (χ3n) is 3.38. The molecule has 0 N–H and O–H groups in total. The van der Waals surface area contributed by atoms with Crippen LogP contribution in [-0.4, -0.2) is 24.1 Å². The van der Waals surface area contributed by atoms with Crippen molar-refractivity contribution < 1.29 is 0 Å². The summed E-state index contributed by atoms with van der Waals surface area (Å²) in [7, 11) is -0.982. The van der Waals surface area contributed by atoms with Gasteiger partial charge < -0.3 is 0 Å². The molecule has 0 saturated carbocycles. The van der Waals surface area contributed by atoms with Gasteiger partial charge >= 0.3 is 66.0 Å². The van der Waals surface area contributed by atoms with Crippen LogP contribution in [0.2, 0.25) is 0 Å². The van der Waals surface area contributed by atoms with E-state index in [1.54, 1.807) is 0 Å². The maximum atomic E-state index is 2.48. The van der Waals surface area contributed by atoms with Gasteiger partial charge in [0.15, 0.2) is 0 Å². The normalized spacial score (nSPS) is 16.0. The molecule has 0 rings (SSSR count). The van der Waals surface area contributed by atoms with Crippen LogP contribution in [-0.2, 0) is 0 Å². The Labute approximate surface area is 66.7 Å². The van der Waals surface area contributed by atoms with E-state index in [4.69, 9.17) is 0 Å². The van der Waals surface area contributed by atoms with Crippen molar-refractivity contribution in [1.29, 1.82) is 0 Å². The van der Waals surface area contributed by atoms with E-state index in [0.717, 1.165) is 5.66 Å². The quantitative estimate of drug-likeness (QED) is 0.519. The summed E-state index contributed by atoms with van der Waals surface area (Å²) in [4.78, 5) is 0. The van der Waals surface area contributed by atoms with Gasteiger partial charge in [0.05, 0.1) is 0 Å². The van der Waals surface area contributed by atoms with Gasteiger partial charge in [0.2, 0.25) is 0 Å². The molecule has 0 fully saturated rings. The first kappa shape index (κ1) is 10.4. The molecule has 0 nitrogen and oxygen atoms in total. The predicted molar refractivity (Wildman–Crippen MR) is 55.1 cm³/mol. The van der Waals surface area contributed by atoms with Crippen molar-refractivity contribution in [1.82, 2.24) is 0 Å². The van der Waals surface area contributed by atoms with Crippen molar-refractivity contribution in [2.75, 3.05) is 13.3 Å². The summed E-state index contributed by atoms with van der Waals surface area (Å²) in [5.41, 5.74) is 0.896. The van der Waals surface area contributed by atoms with Crippen LogP contribution in [0.5, 0.6) is 0 Å². The van der Waals surface area contributed by atoms with Gasteiger partial charge in [-0.15, -0.1) is 0 Å². The summed E-state index contributed by atoms with van der Waals surface area (Å²) in [5.74, 6) is 0. The predicted octanol–water partition coefficient (Wildman–Crippen LogP) is 3.20. The SMILES string of the molecule is CC(C)[PH](C)(C)C(C)(C)C. The summed E-state index contributed by atoms with van der Waals surface area (Å²) < 4.78 is 0. The second-order valence-electron chi connectivity index (χ2n) is 5.13. The van der Waals surface area contributed by atoms with Crippen molar-refractivity contribution in [3.63, 3.8) is 0 Å². The van der Waals surface area contributed by atoms with Crippen LogP contribution in [0, 0.1) is 0 Å². The molecular formula is C9H23P. The first-order chi connectivity index (χ1) is 4.19. The second-order valence-corrected chi connectivity index (χ2v) is 11.2. The van der Waals surface area contributed by atoms with E-state index in [2.05, 4.69) is 47.9 Å². The first-order valence-electron chi connectivity index (χ1n) is 4.19. The van der Waals surface area contributed by atoms with E-state index >= 15 is 0 Å². The Bertz CT molecular complexity index is 106. The number of hydrogen-bond acceptors (Lipinski definition) is 0. The van der Waals surface area contributed by atoms with Gasteiger partial charge in [-0.05, 0) is 0 Å². The summed E-state index contributed by atoms with van der Waals surface area (Å²) >= 11 is 0. The van der Waals surface area contributed by atoms with Crippen LogP contribution in [0.15, 0.2) is 0 Å². The van der Waals surface area contributed by atoms with Crippen LogP contribution >= 0.6 is 7.26 Å². The van der Waals surface area contributed by atoms with E-state index < -0.39 is 7.26 Å². The minimum atomic E-state index is -0.982. The molecular weight excluding hydrogens is 139 g/mol. The molecule has 0 saturated heterocycles. The molecule has 0 bridgehead atoms. The third-order valence-corrected chi connectivity index (χ3v) is 10.1. The van der Waals surface area contributed by atoms with Crippen LogP contribution in [0.1, 0.15) is 34.6 Å². The summed E-state index contributed by atoms with van der Waals surface area (Å²) in [6, 6.07) is 0. The molecule has 1 heteroatoms. The molecule has 0 atom stereocenters. The topological polar surface area (TPSA) is 0 Å². The zero-order chi connectivity index (χ0) is 8.58. The van der Waals surface area contributed by atoms with Crippen LogP contribution in [0.25, 0.3) is 0 Å². The molecule has 0 radical (unpaired) electrons. The van der Waals surface area contributed by atoms with E-state index in [-0.39, 0.29) is 0 Å². The van der Waals surface area contributed by atoms with Crippen LogP contribution in [0.4, 0.5) is 0 Å². The minimum absolute atomic E-state index is 0.557. The molecule has 0 aliphatic carbocycles. The van der Waals surface area contributed by atoms with Crippen molar-refractivity contribution in [2.45, 2.75) is 45.4 Å². The fourth-order valence-electron chi connectivity index (χ4n) is 0.866. The van der Waals surface area contributed by atoms with Crippen molar-refractivity contribution in [3.05, 3.63) is 0 Å². The number of rotatable bonds is 1. The Balaban J connectivity index is 4.40. The van der Waals surface area contributed by atoms with Crippen molar-refractivity contribution in [3.8, 4) is 0 Å². The fraction of sp³-hybridized carbons (Fsp3) is 1.00. The third kappa shape index (κ3) is 1.95. The zero-order valence-electron chi connectivity index (χ0n) is 8.58. The molecule has 0 aromatic rings. The summed E-state index contributed by atoms with van der Waals surface area (Å²) in [6.45, 7) is 16.8. The van der Waals surface area contributed by atoms with E-state index in [1.807, 2.05) is 0 Å². The molecule has 0 amide bonds. The first-order valence-corrected chi connectivity index (χ1v) is 7.27. The average molecular weight is 162 g/mol. The Morgan fingerprint density at radius 3 is 1.30 bits per heavy atom. The molecule has 0 aromatic carbocycles. The van der Waals surface area contributed by atoms with Crippen LogP contribution in [0.3, 0.4) is 0 Å². The Kier molecular flexibility index (Phi) is 2.94. The monoisotopic (exact) mass is 162 g/mol.